The molecule has 4 aromatic rings. The zero-order valence-electron chi connectivity index (χ0n) is 17.3. The van der Waals surface area contributed by atoms with Crippen LogP contribution >= 0.6 is 0 Å². The molecule has 0 saturated heterocycles. The Hall–Kier alpha value is -3.87. The molecule has 2 aromatic carbocycles. The third kappa shape index (κ3) is 3.28. The second-order valence-electron chi connectivity index (χ2n) is 7.53. The highest BCUT2D eigenvalue weighted by Crippen LogP contribution is 2.33. The van der Waals surface area contributed by atoms with Crippen molar-refractivity contribution in [1.82, 2.24) is 14.5 Å². The molecule has 31 heavy (non-hydrogen) atoms. The quantitative estimate of drug-likeness (QED) is 0.544. The first-order valence-electron chi connectivity index (χ1n) is 10.4. The Morgan fingerprint density at radius 2 is 1.94 bits per heavy atom. The zero-order valence-corrected chi connectivity index (χ0v) is 17.3. The number of carbonyl (C=O) groups is 1. The monoisotopic (exact) mass is 413 g/mol. The van der Waals surface area contributed by atoms with E-state index >= 15 is 0 Å². The molecule has 156 valence electrons. The molecule has 0 unspecified atom stereocenters. The average Bonchev–Trinajstić information content (AvgIpc) is 3.05. The molecule has 7 heteroatoms. The van der Waals surface area contributed by atoms with Crippen molar-refractivity contribution in [2.24, 2.45) is 0 Å². The molecule has 3 heterocycles. The number of fused-ring (bicyclic) bond motifs is 2. The highest BCUT2D eigenvalue weighted by molar-refractivity contribution is 6.11. The summed E-state index contributed by atoms with van der Waals surface area (Å²) >= 11 is 0. The number of hydrogen-bond donors (Lipinski definition) is 1. The Balaban J connectivity index is 1.60. The molecule has 0 aliphatic carbocycles. The van der Waals surface area contributed by atoms with Crippen LogP contribution < -0.4 is 15.4 Å². The molecule has 0 fully saturated rings. The summed E-state index contributed by atoms with van der Waals surface area (Å²) in [5.41, 5.74) is 10.5. The van der Waals surface area contributed by atoms with Gasteiger partial charge in [0, 0.05) is 28.8 Å². The molecule has 0 radical (unpaired) electrons. The van der Waals surface area contributed by atoms with Crippen molar-refractivity contribution in [2.45, 2.75) is 19.9 Å². The van der Waals surface area contributed by atoms with Gasteiger partial charge in [0.25, 0.3) is 5.91 Å². The van der Waals surface area contributed by atoms with E-state index in [1.807, 2.05) is 12.1 Å². The van der Waals surface area contributed by atoms with Gasteiger partial charge in [-0.15, -0.1) is 0 Å². The lowest BCUT2D eigenvalue weighted by molar-refractivity contribution is 0.0990. The van der Waals surface area contributed by atoms with Gasteiger partial charge in [0.05, 0.1) is 6.54 Å². The Labute approximate surface area is 180 Å². The smallest absolute Gasteiger partial charge is 0.267 e. The van der Waals surface area contributed by atoms with Crippen LogP contribution in [0.15, 0.2) is 60.9 Å². The van der Waals surface area contributed by atoms with Gasteiger partial charge < -0.3 is 19.9 Å². The van der Waals surface area contributed by atoms with E-state index in [0.29, 0.717) is 13.2 Å². The van der Waals surface area contributed by atoms with Crippen LogP contribution in [-0.4, -0.2) is 33.6 Å². The van der Waals surface area contributed by atoms with Crippen molar-refractivity contribution >= 4 is 28.3 Å². The van der Waals surface area contributed by atoms with Crippen LogP contribution in [-0.2, 0) is 6.54 Å². The largest absolute Gasteiger partial charge is 0.475 e. The van der Waals surface area contributed by atoms with Crippen LogP contribution in [0, 0.1) is 0 Å². The normalized spacial score (nSPS) is 13.7. The zero-order chi connectivity index (χ0) is 21.4. The summed E-state index contributed by atoms with van der Waals surface area (Å²) in [4.78, 5) is 23.0. The summed E-state index contributed by atoms with van der Waals surface area (Å²) in [7, 11) is 0. The molecule has 1 aliphatic rings. The van der Waals surface area contributed by atoms with Crippen molar-refractivity contribution in [3.63, 3.8) is 0 Å². The van der Waals surface area contributed by atoms with Crippen molar-refractivity contribution in [2.75, 3.05) is 23.8 Å². The lowest BCUT2D eigenvalue weighted by Gasteiger charge is -2.20. The number of anilines is 2. The fourth-order valence-electron chi connectivity index (χ4n) is 4.15. The predicted molar refractivity (Wildman–Crippen MR) is 121 cm³/mol. The van der Waals surface area contributed by atoms with Crippen LogP contribution in [0.2, 0.25) is 0 Å². The molecule has 2 aromatic heterocycles. The van der Waals surface area contributed by atoms with Crippen molar-refractivity contribution in [1.29, 1.82) is 0 Å². The maximum absolute atomic E-state index is 13.3. The van der Waals surface area contributed by atoms with Crippen LogP contribution in [0.4, 0.5) is 11.5 Å². The van der Waals surface area contributed by atoms with Crippen molar-refractivity contribution in [3.05, 3.63) is 66.5 Å². The number of amides is 1. The molecule has 0 spiro atoms. The fraction of sp³-hybridized carbons (Fsp3) is 0.208. The first-order chi connectivity index (χ1) is 15.2. The number of aryl methyl sites for hydroxylation is 1. The number of ether oxygens (including phenoxy) is 1. The predicted octanol–water partition coefficient (Wildman–Crippen LogP) is 4.13. The second-order valence-corrected chi connectivity index (χ2v) is 7.53. The second kappa shape index (κ2) is 7.75. The third-order valence-electron chi connectivity index (χ3n) is 5.57. The van der Waals surface area contributed by atoms with Crippen molar-refractivity contribution < 1.29 is 9.53 Å². The summed E-state index contributed by atoms with van der Waals surface area (Å²) < 4.78 is 7.99. The highest BCUT2D eigenvalue weighted by atomic mass is 16.5. The molecule has 5 rings (SSSR count). The number of hydrogen-bond acceptors (Lipinski definition) is 5. The number of aromatic nitrogens is 3. The summed E-state index contributed by atoms with van der Waals surface area (Å²) in [6.45, 7) is 3.83. The van der Waals surface area contributed by atoms with Gasteiger partial charge in [-0.25, -0.2) is 9.97 Å². The van der Waals surface area contributed by atoms with E-state index in [9.17, 15) is 4.79 Å². The fourth-order valence-corrected chi connectivity index (χ4v) is 4.15. The summed E-state index contributed by atoms with van der Waals surface area (Å²) in [6, 6.07) is 18.7. The topological polar surface area (TPSA) is 86.3 Å². The van der Waals surface area contributed by atoms with Gasteiger partial charge >= 0.3 is 0 Å². The van der Waals surface area contributed by atoms with E-state index in [2.05, 4.69) is 63.9 Å². The third-order valence-corrected chi connectivity index (χ3v) is 5.57. The molecule has 7 nitrogen and oxygen atoms in total. The van der Waals surface area contributed by atoms with Gasteiger partial charge in [-0.05, 0) is 36.2 Å². The molecule has 2 N–H and O–H groups in total. The van der Waals surface area contributed by atoms with Crippen LogP contribution in [0.1, 0.15) is 23.7 Å². The number of benzene rings is 2. The molecule has 1 amide bonds. The lowest BCUT2D eigenvalue weighted by Crippen LogP contribution is -2.32. The minimum absolute atomic E-state index is 0.128. The summed E-state index contributed by atoms with van der Waals surface area (Å²) in [6.07, 6.45) is 2.34. The minimum atomic E-state index is -0.249. The van der Waals surface area contributed by atoms with E-state index in [-0.39, 0.29) is 23.2 Å². The van der Waals surface area contributed by atoms with Gasteiger partial charge in [-0.2, -0.15) is 0 Å². The first kappa shape index (κ1) is 19.1. The molecule has 0 bridgehead atoms. The van der Waals surface area contributed by atoms with Gasteiger partial charge in [0.2, 0.25) is 5.88 Å². The van der Waals surface area contributed by atoms with Gasteiger partial charge in [0.15, 0.2) is 0 Å². The Morgan fingerprint density at radius 1 is 1.10 bits per heavy atom. The molecule has 1 aliphatic heterocycles. The minimum Gasteiger partial charge on any atom is -0.475 e. The van der Waals surface area contributed by atoms with E-state index in [1.165, 1.54) is 17.6 Å². The summed E-state index contributed by atoms with van der Waals surface area (Å²) in [5.74, 6) is 0.117. The molecule has 0 atom stereocenters. The van der Waals surface area contributed by atoms with E-state index in [0.717, 1.165) is 29.6 Å². The Kier molecular flexibility index (Phi) is 4.78. The standard InChI is InChI=1S/C24H23N5O2/c1-2-10-29-19-9-8-18(13-17(19)14-20(29)16-6-4-3-5-7-16)28-11-12-31-23-21(24(28)30)22(25)26-15-27-23/h3-9,13-15H,2,10-12H2,1H3,(H2,25,26,27). The number of carbonyl (C=O) groups excluding carboxylic acids is 1. The van der Waals surface area contributed by atoms with Crippen LogP contribution in [0.5, 0.6) is 5.88 Å². The van der Waals surface area contributed by atoms with Gasteiger partial charge in [-0.1, -0.05) is 37.3 Å². The summed E-state index contributed by atoms with van der Waals surface area (Å²) in [5, 5.41) is 1.08. The van der Waals surface area contributed by atoms with E-state index < -0.39 is 0 Å². The SMILES string of the molecule is CCCn1c(-c2ccccc2)cc2cc(N3CCOc4ncnc(N)c4C3=O)ccc21. The maximum Gasteiger partial charge on any atom is 0.267 e. The Bertz CT molecular complexity index is 1270. The first-order valence-corrected chi connectivity index (χ1v) is 10.4. The lowest BCUT2D eigenvalue weighted by atomic mass is 10.1. The molecule has 0 saturated carbocycles. The highest BCUT2D eigenvalue weighted by Gasteiger charge is 2.29. The van der Waals surface area contributed by atoms with E-state index in [4.69, 9.17) is 10.5 Å². The molecular weight excluding hydrogens is 390 g/mol. The number of rotatable bonds is 4. The van der Waals surface area contributed by atoms with Crippen molar-refractivity contribution in [3.8, 4) is 17.1 Å². The number of nitrogens with two attached hydrogens (primary N) is 1. The van der Waals surface area contributed by atoms with Gasteiger partial charge in [-0.3, -0.25) is 4.79 Å². The average molecular weight is 413 g/mol. The van der Waals surface area contributed by atoms with Gasteiger partial charge in [0.1, 0.15) is 24.3 Å². The Morgan fingerprint density at radius 3 is 2.74 bits per heavy atom. The van der Waals surface area contributed by atoms with E-state index in [1.54, 1.807) is 4.90 Å². The van der Waals surface area contributed by atoms with Crippen LogP contribution in [0.3, 0.4) is 0 Å². The number of nitrogen functional groups attached to an aromatic ring is 1. The maximum atomic E-state index is 13.3. The molecular formula is C24H23N5O2. The number of nitrogens with zero attached hydrogens (tertiary/aromatic N) is 4. The van der Waals surface area contributed by atoms with Crippen LogP contribution in [0.25, 0.3) is 22.2 Å².